The fourth-order valence-electron chi connectivity index (χ4n) is 1.94. The highest BCUT2D eigenvalue weighted by atomic mass is 32.2. The molecule has 20 heavy (non-hydrogen) atoms. The highest BCUT2D eigenvalue weighted by molar-refractivity contribution is 8.01. The third kappa shape index (κ3) is 4.47. The Morgan fingerprint density at radius 3 is 2.60 bits per heavy atom. The highest BCUT2D eigenvalue weighted by Gasteiger charge is 2.45. The molecule has 0 aromatic heterocycles. The number of nitrogens with two attached hydrogens (primary N) is 1. The van der Waals surface area contributed by atoms with Gasteiger partial charge in [-0.15, -0.1) is 0 Å². The molecule has 118 valence electrons. The molecule has 4 nitrogen and oxygen atoms in total. The van der Waals surface area contributed by atoms with Crippen LogP contribution in [0.5, 0.6) is 0 Å². The molecule has 0 amide bonds. The third-order valence-electron chi connectivity index (χ3n) is 3.16. The Morgan fingerprint density at radius 2 is 2.15 bits per heavy atom. The van der Waals surface area contributed by atoms with E-state index in [9.17, 15) is 21.6 Å². The normalized spacial score (nSPS) is 23.5. The molecule has 2 atom stereocenters. The Balaban J connectivity index is 2.94. The van der Waals surface area contributed by atoms with E-state index in [1.165, 1.54) is 23.6 Å². The molecule has 0 spiro atoms. The van der Waals surface area contributed by atoms with E-state index in [1.807, 2.05) is 0 Å². The maximum absolute atomic E-state index is 12.9. The quantitative estimate of drug-likeness (QED) is 0.753. The summed E-state index contributed by atoms with van der Waals surface area (Å²) in [5.41, 5.74) is 5.16. The fraction of sp³-hybridized carbons (Fsp3) is 0.900. The lowest BCUT2D eigenvalue weighted by atomic mass is 10.1. The number of hydrogen-bond donors (Lipinski definition) is 1. The summed E-state index contributed by atoms with van der Waals surface area (Å²) in [6, 6.07) is 0. The molecule has 1 fully saturated rings. The van der Waals surface area contributed by atoms with E-state index in [2.05, 4.69) is 12.2 Å². The number of rotatable bonds is 5. The number of hydrogen-bond acceptors (Lipinski definition) is 5. The van der Waals surface area contributed by atoms with E-state index in [4.69, 9.17) is 5.73 Å². The van der Waals surface area contributed by atoms with Gasteiger partial charge in [0.25, 0.3) is 0 Å². The second-order valence-electron chi connectivity index (χ2n) is 4.47. The molecule has 0 aliphatic carbocycles. The summed E-state index contributed by atoms with van der Waals surface area (Å²) in [7, 11) is -3.43. The minimum atomic E-state index is -4.56. The molecule has 2 unspecified atom stereocenters. The SMILES string of the molecule is CCS(=O)(=O)C1CSCCN1CC(C(N)=S)C(F)(F)F. The molecular weight excluding hydrogens is 333 g/mol. The lowest BCUT2D eigenvalue weighted by Gasteiger charge is -2.37. The van der Waals surface area contributed by atoms with Gasteiger partial charge < -0.3 is 5.73 Å². The largest absolute Gasteiger partial charge is 0.399 e. The van der Waals surface area contributed by atoms with Crippen molar-refractivity contribution in [3.63, 3.8) is 0 Å². The van der Waals surface area contributed by atoms with Gasteiger partial charge in [-0.05, 0) is 0 Å². The molecule has 1 aliphatic rings. The Hall–Kier alpha value is -0.0600. The summed E-state index contributed by atoms with van der Waals surface area (Å²) in [6.45, 7) is 1.27. The van der Waals surface area contributed by atoms with Crippen molar-refractivity contribution >= 4 is 38.8 Å². The van der Waals surface area contributed by atoms with E-state index < -0.39 is 38.8 Å². The van der Waals surface area contributed by atoms with E-state index in [0.717, 1.165) is 0 Å². The summed E-state index contributed by atoms with van der Waals surface area (Å²) >= 11 is 5.90. The fourth-order valence-corrected chi connectivity index (χ4v) is 5.24. The van der Waals surface area contributed by atoms with Crippen LogP contribution < -0.4 is 5.73 Å². The third-order valence-corrected chi connectivity index (χ3v) is 6.78. The van der Waals surface area contributed by atoms with E-state index in [0.29, 0.717) is 5.75 Å². The Labute approximate surface area is 126 Å². The summed E-state index contributed by atoms with van der Waals surface area (Å²) < 4.78 is 62.6. The number of alkyl halides is 3. The first kappa shape index (κ1) is 18.0. The van der Waals surface area contributed by atoms with Crippen LogP contribution in [0.2, 0.25) is 0 Å². The van der Waals surface area contributed by atoms with Crippen LogP contribution in [0.15, 0.2) is 0 Å². The molecule has 1 saturated heterocycles. The molecule has 0 bridgehead atoms. The lowest BCUT2D eigenvalue weighted by molar-refractivity contribution is -0.159. The predicted molar refractivity (Wildman–Crippen MR) is 78.5 cm³/mol. The molecule has 0 aromatic rings. The van der Waals surface area contributed by atoms with Crippen molar-refractivity contribution in [2.75, 3.05) is 30.3 Å². The summed E-state index contributed by atoms with van der Waals surface area (Å²) in [4.78, 5) is 0.690. The molecule has 0 radical (unpaired) electrons. The molecule has 10 heteroatoms. The van der Waals surface area contributed by atoms with Crippen molar-refractivity contribution in [1.82, 2.24) is 4.90 Å². The van der Waals surface area contributed by atoms with Gasteiger partial charge in [0, 0.05) is 30.3 Å². The Morgan fingerprint density at radius 1 is 1.55 bits per heavy atom. The van der Waals surface area contributed by atoms with Gasteiger partial charge in [-0.1, -0.05) is 19.1 Å². The number of sulfone groups is 1. The summed E-state index contributed by atoms with van der Waals surface area (Å²) in [5.74, 6) is -1.20. The second kappa shape index (κ2) is 6.80. The van der Waals surface area contributed by atoms with Crippen LogP contribution in [0.4, 0.5) is 13.2 Å². The van der Waals surface area contributed by atoms with Crippen LogP contribution in [-0.2, 0) is 9.84 Å². The van der Waals surface area contributed by atoms with Gasteiger partial charge in [-0.25, -0.2) is 8.42 Å². The van der Waals surface area contributed by atoms with Gasteiger partial charge in [0.2, 0.25) is 0 Å². The topological polar surface area (TPSA) is 63.4 Å². The van der Waals surface area contributed by atoms with Crippen LogP contribution in [0.25, 0.3) is 0 Å². The molecule has 1 rings (SSSR count). The van der Waals surface area contributed by atoms with Crippen molar-refractivity contribution in [3.05, 3.63) is 0 Å². The first-order valence-electron chi connectivity index (χ1n) is 5.99. The minimum Gasteiger partial charge on any atom is -0.393 e. The highest BCUT2D eigenvalue weighted by Crippen LogP contribution is 2.30. The van der Waals surface area contributed by atoms with E-state index in [-0.39, 0.29) is 18.1 Å². The van der Waals surface area contributed by atoms with Crippen LogP contribution in [-0.4, -0.2) is 60.2 Å². The number of thioether (sulfide) groups is 1. The zero-order valence-electron chi connectivity index (χ0n) is 10.9. The molecule has 0 aromatic carbocycles. The van der Waals surface area contributed by atoms with Crippen LogP contribution in [0, 0.1) is 5.92 Å². The molecule has 1 heterocycles. The maximum Gasteiger partial charge on any atom is 0.399 e. The van der Waals surface area contributed by atoms with E-state index >= 15 is 0 Å². The standard InChI is InChI=1S/C10H17F3N2O2S3/c1-2-20(16,17)8-6-19-4-3-15(8)5-7(9(14)18)10(11,12)13/h7-8H,2-6H2,1H3,(H2,14,18). The zero-order valence-corrected chi connectivity index (χ0v) is 13.3. The first-order valence-corrected chi connectivity index (χ1v) is 9.26. The molecule has 0 saturated carbocycles. The smallest absolute Gasteiger partial charge is 0.393 e. The van der Waals surface area contributed by atoms with Crippen LogP contribution in [0.1, 0.15) is 6.92 Å². The van der Waals surface area contributed by atoms with E-state index in [1.54, 1.807) is 0 Å². The number of thiocarbonyl (C=S) groups is 1. The maximum atomic E-state index is 12.9. The van der Waals surface area contributed by atoms with Gasteiger partial charge in [0.1, 0.15) is 11.3 Å². The average Bonchev–Trinajstić information content (AvgIpc) is 2.34. The predicted octanol–water partition coefficient (Wildman–Crippen LogP) is 1.26. The Kier molecular flexibility index (Phi) is 6.12. The second-order valence-corrected chi connectivity index (χ2v) is 8.54. The number of halogens is 3. The molecule has 1 aliphatic heterocycles. The lowest BCUT2D eigenvalue weighted by Crippen LogP contribution is -2.53. The van der Waals surface area contributed by atoms with Gasteiger partial charge in [0.05, 0.1) is 4.99 Å². The molecule has 2 N–H and O–H groups in total. The van der Waals surface area contributed by atoms with Gasteiger partial charge >= 0.3 is 6.18 Å². The summed E-state index contributed by atoms with van der Waals surface area (Å²) in [5, 5.41) is -0.898. The first-order chi connectivity index (χ1) is 9.09. The van der Waals surface area contributed by atoms with Crippen molar-refractivity contribution < 1.29 is 21.6 Å². The van der Waals surface area contributed by atoms with Gasteiger partial charge in [-0.3, -0.25) is 4.90 Å². The summed E-state index contributed by atoms with van der Waals surface area (Å²) in [6.07, 6.45) is -4.56. The van der Waals surface area contributed by atoms with Crippen LogP contribution in [0.3, 0.4) is 0 Å². The number of nitrogens with zero attached hydrogens (tertiary/aromatic N) is 1. The van der Waals surface area contributed by atoms with Crippen molar-refractivity contribution in [2.24, 2.45) is 11.7 Å². The van der Waals surface area contributed by atoms with Crippen molar-refractivity contribution in [3.8, 4) is 0 Å². The minimum absolute atomic E-state index is 0.0987. The van der Waals surface area contributed by atoms with Crippen molar-refractivity contribution in [2.45, 2.75) is 18.5 Å². The van der Waals surface area contributed by atoms with Crippen molar-refractivity contribution in [1.29, 1.82) is 0 Å². The van der Waals surface area contributed by atoms with Gasteiger partial charge in [0.15, 0.2) is 9.84 Å². The van der Waals surface area contributed by atoms with Gasteiger partial charge in [-0.2, -0.15) is 24.9 Å². The Bertz CT molecular complexity index is 453. The molecular formula is C10H17F3N2O2S3. The van der Waals surface area contributed by atoms with Crippen LogP contribution >= 0.6 is 24.0 Å². The average molecular weight is 350 g/mol. The monoisotopic (exact) mass is 350 g/mol. The zero-order chi connectivity index (χ0) is 15.6.